The monoisotopic (exact) mass is 338 g/mol. The second-order valence-corrected chi connectivity index (χ2v) is 6.21. The number of ketones is 1. The molecule has 114 valence electrons. The number of fused-ring (bicyclic) bond motifs is 1. The van der Waals surface area contributed by atoms with Crippen molar-refractivity contribution in [1.82, 2.24) is 0 Å². The number of esters is 1. The Morgan fingerprint density at radius 3 is 2.73 bits per heavy atom. The van der Waals surface area contributed by atoms with Crippen LogP contribution in [-0.2, 0) is 9.53 Å². The highest BCUT2D eigenvalue weighted by atomic mass is 35.5. The van der Waals surface area contributed by atoms with Crippen molar-refractivity contribution in [3.63, 3.8) is 0 Å². The van der Waals surface area contributed by atoms with Crippen LogP contribution in [0.1, 0.15) is 9.67 Å². The highest BCUT2D eigenvalue weighted by Gasteiger charge is 2.29. The zero-order valence-electron chi connectivity index (χ0n) is 11.3. The Labute approximate surface area is 135 Å². The summed E-state index contributed by atoms with van der Waals surface area (Å²) in [5.74, 6) is 0.121. The molecule has 5 nitrogen and oxygen atoms in total. The van der Waals surface area contributed by atoms with Gasteiger partial charge in [0.15, 0.2) is 18.1 Å². The topological polar surface area (TPSA) is 61.8 Å². The first-order valence-corrected chi connectivity index (χ1v) is 7.66. The first-order valence-electron chi connectivity index (χ1n) is 6.47. The minimum absolute atomic E-state index is 0.0505. The van der Waals surface area contributed by atoms with E-state index in [9.17, 15) is 9.59 Å². The number of carbonyl (C=O) groups is 2. The van der Waals surface area contributed by atoms with E-state index in [0.717, 1.165) is 11.3 Å². The van der Waals surface area contributed by atoms with Crippen molar-refractivity contribution in [2.75, 3.05) is 13.2 Å². The maximum atomic E-state index is 11.9. The predicted octanol–water partition coefficient (Wildman–Crippen LogP) is 2.97. The van der Waals surface area contributed by atoms with Gasteiger partial charge in [-0.3, -0.25) is 4.79 Å². The van der Waals surface area contributed by atoms with Gasteiger partial charge in [0.2, 0.25) is 11.9 Å². The number of benzene rings is 1. The molecule has 0 saturated carbocycles. The summed E-state index contributed by atoms with van der Waals surface area (Å²) in [5.41, 5.74) is 0. The number of hydrogen-bond donors (Lipinski definition) is 0. The summed E-state index contributed by atoms with van der Waals surface area (Å²) in [6.45, 7) is -0.300. The van der Waals surface area contributed by atoms with Gasteiger partial charge in [-0.05, 0) is 24.3 Å². The lowest BCUT2D eigenvalue weighted by Gasteiger charge is -2.24. The van der Waals surface area contributed by atoms with Crippen molar-refractivity contribution < 1.29 is 23.8 Å². The van der Waals surface area contributed by atoms with Gasteiger partial charge >= 0.3 is 5.97 Å². The van der Waals surface area contributed by atoms with E-state index in [1.54, 1.807) is 30.3 Å². The fourth-order valence-electron chi connectivity index (χ4n) is 1.90. The third-order valence-corrected chi connectivity index (χ3v) is 4.24. The first-order chi connectivity index (χ1) is 10.6. The fraction of sp³-hybridized carbons (Fsp3) is 0.200. The summed E-state index contributed by atoms with van der Waals surface area (Å²) in [5, 5.41) is 0. The Kier molecular flexibility index (Phi) is 4.31. The van der Waals surface area contributed by atoms with E-state index in [0.29, 0.717) is 20.7 Å². The summed E-state index contributed by atoms with van der Waals surface area (Å²) in [7, 11) is 0. The van der Waals surface area contributed by atoms with Gasteiger partial charge < -0.3 is 14.2 Å². The van der Waals surface area contributed by atoms with Crippen molar-refractivity contribution in [2.24, 2.45) is 0 Å². The molecule has 0 N–H and O–H groups in total. The quantitative estimate of drug-likeness (QED) is 0.633. The average molecular weight is 339 g/mol. The van der Waals surface area contributed by atoms with E-state index in [4.69, 9.17) is 25.8 Å². The number of Topliss-reactive ketones (excluding diaryl/α,β-unsaturated/α-hetero) is 1. The first kappa shape index (κ1) is 14.9. The van der Waals surface area contributed by atoms with Crippen LogP contribution in [0.4, 0.5) is 0 Å². The molecule has 0 aliphatic carbocycles. The van der Waals surface area contributed by atoms with E-state index < -0.39 is 12.1 Å². The number of ether oxygens (including phenoxy) is 3. The van der Waals surface area contributed by atoms with E-state index in [-0.39, 0.29) is 19.0 Å². The summed E-state index contributed by atoms with van der Waals surface area (Å²) >= 11 is 6.90. The maximum absolute atomic E-state index is 11.9. The molecular formula is C15H11ClO5S. The highest BCUT2D eigenvalue weighted by molar-refractivity contribution is 7.18. The van der Waals surface area contributed by atoms with Crippen LogP contribution in [0.2, 0.25) is 4.34 Å². The number of thiophene rings is 1. The number of para-hydroxylation sites is 2. The summed E-state index contributed by atoms with van der Waals surface area (Å²) in [4.78, 5) is 24.2. The van der Waals surface area contributed by atoms with Crippen LogP contribution in [0.3, 0.4) is 0 Å². The normalized spacial score (nSPS) is 16.1. The highest BCUT2D eigenvalue weighted by Crippen LogP contribution is 2.31. The van der Waals surface area contributed by atoms with Crippen LogP contribution in [0.25, 0.3) is 0 Å². The largest absolute Gasteiger partial charge is 0.485 e. The molecule has 1 aromatic heterocycles. The number of carbonyl (C=O) groups excluding carboxylic acids is 2. The zero-order valence-corrected chi connectivity index (χ0v) is 12.9. The van der Waals surface area contributed by atoms with E-state index >= 15 is 0 Å². The molecule has 1 aromatic carbocycles. The summed E-state index contributed by atoms with van der Waals surface area (Å²) in [6, 6.07) is 10.3. The summed E-state index contributed by atoms with van der Waals surface area (Å²) in [6.07, 6.45) is -0.880. The third kappa shape index (κ3) is 3.23. The minimum Gasteiger partial charge on any atom is -0.485 e. The standard InChI is InChI=1S/C15H11ClO5S/c16-14-6-5-13(22-14)9(17)7-20-15(18)12-8-19-10-3-1-2-4-11(10)21-12/h1-6,12H,7-8H2/t12-/m1/s1. The molecule has 0 amide bonds. The lowest BCUT2D eigenvalue weighted by molar-refractivity contribution is -0.153. The third-order valence-electron chi connectivity index (χ3n) is 2.97. The van der Waals surface area contributed by atoms with Gasteiger partial charge in [-0.1, -0.05) is 23.7 Å². The van der Waals surface area contributed by atoms with Crippen LogP contribution in [0.5, 0.6) is 11.5 Å². The van der Waals surface area contributed by atoms with E-state index in [2.05, 4.69) is 0 Å². The molecule has 22 heavy (non-hydrogen) atoms. The van der Waals surface area contributed by atoms with Gasteiger partial charge in [-0.15, -0.1) is 11.3 Å². The molecule has 0 unspecified atom stereocenters. The lowest BCUT2D eigenvalue weighted by atomic mass is 10.2. The molecule has 3 rings (SSSR count). The molecule has 2 heterocycles. The smallest absolute Gasteiger partial charge is 0.351 e. The molecule has 1 atom stereocenters. The van der Waals surface area contributed by atoms with Crippen LogP contribution in [0.15, 0.2) is 36.4 Å². The Balaban J connectivity index is 1.56. The average Bonchev–Trinajstić information content (AvgIpc) is 2.98. The molecule has 0 fully saturated rings. The number of hydrogen-bond acceptors (Lipinski definition) is 6. The second kappa shape index (κ2) is 6.37. The molecule has 0 spiro atoms. The number of halogens is 1. The van der Waals surface area contributed by atoms with Crippen molar-refractivity contribution in [1.29, 1.82) is 0 Å². The molecule has 0 radical (unpaired) electrons. The second-order valence-electron chi connectivity index (χ2n) is 4.50. The SMILES string of the molecule is O=C(COC(=O)[C@H]1COc2ccccc2O1)c1ccc(Cl)s1. The molecule has 7 heteroatoms. The number of rotatable bonds is 4. The van der Waals surface area contributed by atoms with Crippen molar-refractivity contribution in [3.8, 4) is 11.5 Å². The van der Waals surface area contributed by atoms with Crippen LogP contribution < -0.4 is 9.47 Å². The molecule has 1 aliphatic heterocycles. The molecule has 0 bridgehead atoms. The zero-order chi connectivity index (χ0) is 15.5. The molecule has 0 saturated heterocycles. The van der Waals surface area contributed by atoms with E-state index in [1.807, 2.05) is 6.07 Å². The van der Waals surface area contributed by atoms with Gasteiger partial charge in [0.05, 0.1) is 9.21 Å². The fourth-order valence-corrected chi connectivity index (χ4v) is 2.87. The Bertz CT molecular complexity index is 711. The van der Waals surface area contributed by atoms with Gasteiger partial charge in [0.25, 0.3) is 0 Å². The maximum Gasteiger partial charge on any atom is 0.351 e. The van der Waals surface area contributed by atoms with Crippen LogP contribution in [0, 0.1) is 0 Å². The van der Waals surface area contributed by atoms with Gasteiger partial charge in [-0.2, -0.15) is 0 Å². The minimum atomic E-state index is -0.880. The van der Waals surface area contributed by atoms with Gasteiger partial charge in [-0.25, -0.2) is 4.79 Å². The molecule has 2 aromatic rings. The van der Waals surface area contributed by atoms with Crippen molar-refractivity contribution >= 4 is 34.7 Å². The van der Waals surface area contributed by atoms with Gasteiger partial charge in [0.1, 0.15) is 6.61 Å². The summed E-state index contributed by atoms with van der Waals surface area (Å²) < 4.78 is 16.4. The van der Waals surface area contributed by atoms with Gasteiger partial charge in [0, 0.05) is 0 Å². The molecule has 1 aliphatic rings. The molecular weight excluding hydrogens is 328 g/mol. The van der Waals surface area contributed by atoms with Crippen molar-refractivity contribution in [2.45, 2.75) is 6.10 Å². The Morgan fingerprint density at radius 2 is 2.00 bits per heavy atom. The Hall–Kier alpha value is -2.05. The van der Waals surface area contributed by atoms with Crippen molar-refractivity contribution in [3.05, 3.63) is 45.6 Å². The lowest BCUT2D eigenvalue weighted by Crippen LogP contribution is -2.38. The predicted molar refractivity (Wildman–Crippen MR) is 81.0 cm³/mol. The Morgan fingerprint density at radius 1 is 1.23 bits per heavy atom. The van der Waals surface area contributed by atoms with Crippen LogP contribution in [-0.4, -0.2) is 31.1 Å². The van der Waals surface area contributed by atoms with Crippen LogP contribution >= 0.6 is 22.9 Å². The van der Waals surface area contributed by atoms with E-state index in [1.165, 1.54) is 0 Å².